The molecular formula is C20H15N5O4. The third-order valence-corrected chi connectivity index (χ3v) is 4.48. The second-order valence-electron chi connectivity index (χ2n) is 6.30. The molecule has 9 nitrogen and oxygen atoms in total. The van der Waals surface area contributed by atoms with Crippen LogP contribution in [0.25, 0.3) is 11.0 Å². The van der Waals surface area contributed by atoms with Crippen LogP contribution in [-0.4, -0.2) is 31.0 Å². The lowest BCUT2D eigenvalue weighted by atomic mass is 10.1. The smallest absolute Gasteiger partial charge is 0.335 e. The first kappa shape index (κ1) is 18.1. The van der Waals surface area contributed by atoms with Gasteiger partial charge in [-0.05, 0) is 54.1 Å². The number of hydrogen-bond donors (Lipinski definition) is 2. The number of nitro groups is 1. The number of hydrogen-bond acceptors (Lipinski definition) is 6. The monoisotopic (exact) mass is 389 g/mol. The summed E-state index contributed by atoms with van der Waals surface area (Å²) in [5, 5.41) is 31.8. The molecule has 0 saturated heterocycles. The zero-order valence-electron chi connectivity index (χ0n) is 15.0. The summed E-state index contributed by atoms with van der Waals surface area (Å²) < 4.78 is 1.68. The predicted molar refractivity (Wildman–Crippen MR) is 106 cm³/mol. The summed E-state index contributed by atoms with van der Waals surface area (Å²) in [6.45, 7) is 0. The molecule has 0 saturated carbocycles. The van der Waals surface area contributed by atoms with Gasteiger partial charge in [0.25, 0.3) is 5.69 Å². The molecule has 3 aromatic carbocycles. The number of nitro benzene ring substituents is 1. The topological polar surface area (TPSA) is 123 Å². The highest BCUT2D eigenvalue weighted by molar-refractivity contribution is 5.88. The molecule has 9 heteroatoms. The van der Waals surface area contributed by atoms with Crippen LogP contribution in [0.15, 0.2) is 72.8 Å². The number of nitrogens with one attached hydrogen (secondary N) is 1. The molecule has 0 fully saturated rings. The lowest BCUT2D eigenvalue weighted by molar-refractivity contribution is -0.384. The molecule has 4 aromatic rings. The molecule has 0 amide bonds. The first-order valence-corrected chi connectivity index (χ1v) is 8.67. The van der Waals surface area contributed by atoms with Crippen molar-refractivity contribution in [2.75, 3.05) is 5.32 Å². The molecule has 0 bridgehead atoms. The largest absolute Gasteiger partial charge is 0.478 e. The van der Waals surface area contributed by atoms with Crippen LogP contribution < -0.4 is 5.32 Å². The van der Waals surface area contributed by atoms with E-state index >= 15 is 0 Å². The standard InChI is InChI=1S/C20H15N5O4/c26-20(27)14-5-9-15(10-6-14)21-19(13-7-11-16(12-8-13)25(28)29)24-18-4-2-1-3-17(18)22-23-24/h1-12,19,21H,(H,26,27). The van der Waals surface area contributed by atoms with E-state index in [4.69, 9.17) is 5.11 Å². The van der Waals surface area contributed by atoms with Gasteiger partial charge in [0.15, 0.2) is 0 Å². The van der Waals surface area contributed by atoms with E-state index in [-0.39, 0.29) is 11.3 Å². The van der Waals surface area contributed by atoms with Crippen molar-refractivity contribution in [2.45, 2.75) is 6.17 Å². The Kier molecular flexibility index (Phi) is 4.62. The summed E-state index contributed by atoms with van der Waals surface area (Å²) in [6, 6.07) is 19.9. The van der Waals surface area contributed by atoms with Gasteiger partial charge in [0.2, 0.25) is 0 Å². The molecule has 0 radical (unpaired) electrons. The van der Waals surface area contributed by atoms with Crippen LogP contribution in [0.4, 0.5) is 11.4 Å². The maximum atomic E-state index is 11.1. The normalized spacial score (nSPS) is 11.9. The maximum absolute atomic E-state index is 11.1. The molecule has 1 atom stereocenters. The minimum absolute atomic E-state index is 0.0123. The lowest BCUT2D eigenvalue weighted by Gasteiger charge is -2.21. The van der Waals surface area contributed by atoms with Crippen molar-refractivity contribution in [3.8, 4) is 0 Å². The molecule has 0 aliphatic carbocycles. The molecule has 0 aliphatic rings. The van der Waals surface area contributed by atoms with Gasteiger partial charge in [-0.25, -0.2) is 9.48 Å². The summed E-state index contributed by atoms with van der Waals surface area (Å²) >= 11 is 0. The minimum atomic E-state index is -1.01. The van der Waals surface area contributed by atoms with Crippen LogP contribution >= 0.6 is 0 Å². The van der Waals surface area contributed by atoms with E-state index in [0.29, 0.717) is 11.2 Å². The van der Waals surface area contributed by atoms with Crippen molar-refractivity contribution in [3.05, 3.63) is 94.0 Å². The van der Waals surface area contributed by atoms with E-state index in [1.165, 1.54) is 24.3 Å². The summed E-state index contributed by atoms with van der Waals surface area (Å²) in [7, 11) is 0. The molecule has 2 N–H and O–H groups in total. The Labute approximate surface area is 164 Å². The quantitative estimate of drug-likeness (QED) is 0.381. The van der Waals surface area contributed by atoms with E-state index < -0.39 is 17.1 Å². The van der Waals surface area contributed by atoms with Gasteiger partial charge in [-0.2, -0.15) is 0 Å². The SMILES string of the molecule is O=C(O)c1ccc(NC(c2ccc([N+](=O)[O-])cc2)n2nnc3ccccc32)cc1. The molecule has 4 rings (SSSR count). The third kappa shape index (κ3) is 3.61. The lowest BCUT2D eigenvalue weighted by Crippen LogP contribution is -2.21. The Balaban J connectivity index is 1.76. The molecule has 144 valence electrons. The van der Waals surface area contributed by atoms with E-state index in [9.17, 15) is 14.9 Å². The second kappa shape index (κ2) is 7.39. The van der Waals surface area contributed by atoms with E-state index in [1.807, 2.05) is 24.3 Å². The van der Waals surface area contributed by atoms with Crippen molar-refractivity contribution in [1.29, 1.82) is 0 Å². The van der Waals surface area contributed by atoms with Crippen molar-refractivity contribution in [3.63, 3.8) is 0 Å². The van der Waals surface area contributed by atoms with Crippen molar-refractivity contribution in [2.24, 2.45) is 0 Å². The van der Waals surface area contributed by atoms with Crippen LogP contribution in [0.1, 0.15) is 22.1 Å². The van der Waals surface area contributed by atoms with Crippen molar-refractivity contribution in [1.82, 2.24) is 15.0 Å². The van der Waals surface area contributed by atoms with E-state index in [2.05, 4.69) is 15.6 Å². The number of benzene rings is 3. The van der Waals surface area contributed by atoms with Gasteiger partial charge in [-0.1, -0.05) is 17.3 Å². The molecule has 29 heavy (non-hydrogen) atoms. The van der Waals surface area contributed by atoms with Crippen LogP contribution in [0.3, 0.4) is 0 Å². The average molecular weight is 389 g/mol. The molecule has 0 aliphatic heterocycles. The van der Waals surface area contributed by atoms with Crippen LogP contribution in [0, 0.1) is 10.1 Å². The van der Waals surface area contributed by atoms with Gasteiger partial charge in [-0.3, -0.25) is 10.1 Å². The fourth-order valence-corrected chi connectivity index (χ4v) is 3.01. The maximum Gasteiger partial charge on any atom is 0.335 e. The Morgan fingerprint density at radius 3 is 2.38 bits per heavy atom. The van der Waals surface area contributed by atoms with Crippen molar-refractivity contribution < 1.29 is 14.8 Å². The number of aromatic carboxylic acids is 1. The van der Waals surface area contributed by atoms with Gasteiger partial charge in [-0.15, -0.1) is 5.10 Å². The van der Waals surface area contributed by atoms with Crippen molar-refractivity contribution >= 4 is 28.4 Å². The number of nitrogens with zero attached hydrogens (tertiary/aromatic N) is 4. The van der Waals surface area contributed by atoms with E-state index in [0.717, 1.165) is 11.1 Å². The van der Waals surface area contributed by atoms with Gasteiger partial charge < -0.3 is 10.4 Å². The minimum Gasteiger partial charge on any atom is -0.478 e. The van der Waals surface area contributed by atoms with Gasteiger partial charge >= 0.3 is 5.97 Å². The van der Waals surface area contributed by atoms with Gasteiger partial charge in [0, 0.05) is 17.8 Å². The highest BCUT2D eigenvalue weighted by Gasteiger charge is 2.19. The Bertz CT molecular complexity index is 1190. The third-order valence-electron chi connectivity index (χ3n) is 4.48. The fourth-order valence-electron chi connectivity index (χ4n) is 3.01. The number of aromatic nitrogens is 3. The van der Waals surface area contributed by atoms with Crippen LogP contribution in [0.5, 0.6) is 0 Å². The van der Waals surface area contributed by atoms with Gasteiger partial charge in [0.1, 0.15) is 11.7 Å². The first-order valence-electron chi connectivity index (χ1n) is 8.67. The Hall–Kier alpha value is -4.27. The van der Waals surface area contributed by atoms with Crippen LogP contribution in [-0.2, 0) is 0 Å². The number of fused-ring (bicyclic) bond motifs is 1. The molecular weight excluding hydrogens is 374 g/mol. The van der Waals surface area contributed by atoms with E-state index in [1.54, 1.807) is 28.9 Å². The number of carboxylic acid groups (broad SMARTS) is 1. The number of non-ortho nitro benzene ring substituents is 1. The van der Waals surface area contributed by atoms with Crippen LogP contribution in [0.2, 0.25) is 0 Å². The Morgan fingerprint density at radius 1 is 1.03 bits per heavy atom. The summed E-state index contributed by atoms with van der Waals surface area (Å²) in [4.78, 5) is 21.6. The number of rotatable bonds is 6. The highest BCUT2D eigenvalue weighted by Crippen LogP contribution is 2.26. The summed E-state index contributed by atoms with van der Waals surface area (Å²) in [5.41, 5.74) is 3.05. The predicted octanol–water partition coefficient (Wildman–Crippen LogP) is 3.70. The number of anilines is 1. The zero-order valence-corrected chi connectivity index (χ0v) is 15.0. The highest BCUT2D eigenvalue weighted by atomic mass is 16.6. The zero-order chi connectivity index (χ0) is 20.4. The number of para-hydroxylation sites is 1. The fraction of sp³-hybridized carbons (Fsp3) is 0.0500. The number of carbonyl (C=O) groups is 1. The Morgan fingerprint density at radius 2 is 1.72 bits per heavy atom. The average Bonchev–Trinajstić information content (AvgIpc) is 3.16. The number of carboxylic acids is 1. The van der Waals surface area contributed by atoms with Gasteiger partial charge in [0.05, 0.1) is 16.0 Å². The second-order valence-corrected chi connectivity index (χ2v) is 6.30. The molecule has 0 spiro atoms. The molecule has 1 unspecified atom stereocenters. The molecule has 1 heterocycles. The summed E-state index contributed by atoms with van der Waals surface area (Å²) in [6.07, 6.45) is -0.515. The first-order chi connectivity index (χ1) is 14.0. The molecule has 1 aromatic heterocycles. The summed E-state index contributed by atoms with van der Waals surface area (Å²) in [5.74, 6) is -1.01.